The number of nitrogens with zero attached hydrogens (tertiary/aromatic N) is 2. The summed E-state index contributed by atoms with van der Waals surface area (Å²) in [6, 6.07) is 18.7. The van der Waals surface area contributed by atoms with Crippen molar-refractivity contribution in [1.29, 1.82) is 0 Å². The maximum Gasteiger partial charge on any atom is 0.255 e. The summed E-state index contributed by atoms with van der Waals surface area (Å²) in [5, 5.41) is 2.80. The fourth-order valence-corrected chi connectivity index (χ4v) is 2.60. The number of benzene rings is 2. The average Bonchev–Trinajstić information content (AvgIpc) is 3.07. The highest BCUT2D eigenvalue weighted by molar-refractivity contribution is 6.04. The van der Waals surface area contributed by atoms with Gasteiger partial charge in [-0.25, -0.2) is 9.37 Å². The first-order chi connectivity index (χ1) is 12.2. The van der Waals surface area contributed by atoms with Gasteiger partial charge in [0.25, 0.3) is 5.91 Å². The maximum absolute atomic E-state index is 12.9. The predicted molar refractivity (Wildman–Crippen MR) is 95.0 cm³/mol. The van der Waals surface area contributed by atoms with E-state index in [4.69, 9.17) is 0 Å². The molecular formula is C20H14FN3O. The number of carbonyl (C=O) groups excluding carboxylic acids is 1. The van der Waals surface area contributed by atoms with Crippen molar-refractivity contribution in [3.05, 3.63) is 90.5 Å². The summed E-state index contributed by atoms with van der Waals surface area (Å²) in [4.78, 5) is 16.7. The molecule has 0 radical (unpaired) electrons. The zero-order valence-corrected chi connectivity index (χ0v) is 13.2. The third-order valence-electron chi connectivity index (χ3n) is 3.91. The summed E-state index contributed by atoms with van der Waals surface area (Å²) in [6.45, 7) is 0. The van der Waals surface area contributed by atoms with Crippen LogP contribution in [-0.4, -0.2) is 15.3 Å². The van der Waals surface area contributed by atoms with Gasteiger partial charge in [0.2, 0.25) is 0 Å². The van der Waals surface area contributed by atoms with Crippen LogP contribution in [0.15, 0.2) is 79.1 Å². The Bertz CT molecular complexity index is 1000. The molecule has 2 aromatic carbocycles. The molecule has 0 fully saturated rings. The van der Waals surface area contributed by atoms with E-state index in [-0.39, 0.29) is 11.7 Å². The van der Waals surface area contributed by atoms with Crippen LogP contribution < -0.4 is 5.32 Å². The topological polar surface area (TPSA) is 46.4 Å². The van der Waals surface area contributed by atoms with Crippen LogP contribution in [0.2, 0.25) is 0 Å². The number of aromatic nitrogens is 2. The highest BCUT2D eigenvalue weighted by atomic mass is 19.1. The first kappa shape index (κ1) is 15.1. The van der Waals surface area contributed by atoms with Crippen molar-refractivity contribution >= 4 is 17.2 Å². The van der Waals surface area contributed by atoms with Gasteiger partial charge in [-0.1, -0.05) is 18.2 Å². The summed E-state index contributed by atoms with van der Waals surface area (Å²) in [5.74, 6) is -0.645. The number of imidazole rings is 1. The first-order valence-corrected chi connectivity index (χ1v) is 7.80. The number of halogens is 1. The summed E-state index contributed by atoms with van der Waals surface area (Å²) in [7, 11) is 0. The monoisotopic (exact) mass is 331 g/mol. The van der Waals surface area contributed by atoms with Gasteiger partial charge in [0.1, 0.15) is 11.5 Å². The first-order valence-electron chi connectivity index (χ1n) is 7.80. The Balaban J connectivity index is 1.53. The van der Waals surface area contributed by atoms with Crippen LogP contribution in [0.5, 0.6) is 0 Å². The molecule has 1 amide bonds. The zero-order chi connectivity index (χ0) is 17.2. The normalized spacial score (nSPS) is 10.8. The number of carbonyl (C=O) groups is 1. The number of anilines is 1. The van der Waals surface area contributed by atoms with Crippen molar-refractivity contribution in [3.63, 3.8) is 0 Å². The van der Waals surface area contributed by atoms with Crippen molar-refractivity contribution in [2.45, 2.75) is 0 Å². The largest absolute Gasteiger partial charge is 0.322 e. The molecule has 122 valence electrons. The van der Waals surface area contributed by atoms with Crippen molar-refractivity contribution in [2.24, 2.45) is 0 Å². The van der Waals surface area contributed by atoms with Crippen LogP contribution in [0.3, 0.4) is 0 Å². The van der Waals surface area contributed by atoms with E-state index >= 15 is 0 Å². The minimum Gasteiger partial charge on any atom is -0.322 e. The second kappa shape index (κ2) is 6.20. The van der Waals surface area contributed by atoms with Crippen LogP contribution >= 0.6 is 0 Å². The van der Waals surface area contributed by atoms with E-state index in [0.29, 0.717) is 11.3 Å². The van der Waals surface area contributed by atoms with Crippen molar-refractivity contribution in [3.8, 4) is 11.3 Å². The fraction of sp³-hybridized carbons (Fsp3) is 0. The molecule has 0 unspecified atom stereocenters. The van der Waals surface area contributed by atoms with Crippen LogP contribution in [0.4, 0.5) is 10.1 Å². The molecule has 4 aromatic rings. The van der Waals surface area contributed by atoms with Gasteiger partial charge < -0.3 is 9.72 Å². The second-order valence-corrected chi connectivity index (χ2v) is 5.63. The van der Waals surface area contributed by atoms with Crippen molar-refractivity contribution in [2.75, 3.05) is 5.32 Å². The molecule has 0 aliphatic carbocycles. The van der Waals surface area contributed by atoms with Gasteiger partial charge in [-0.3, -0.25) is 4.79 Å². The molecule has 0 aliphatic heterocycles. The SMILES string of the molecule is O=C(Nc1ccc(-c2cn3ccccc3n2)cc1)c1ccc(F)cc1. The van der Waals surface area contributed by atoms with E-state index in [1.807, 2.05) is 59.3 Å². The van der Waals surface area contributed by atoms with Gasteiger partial charge in [0, 0.05) is 29.2 Å². The predicted octanol–water partition coefficient (Wildman–Crippen LogP) is 4.39. The molecule has 4 nitrogen and oxygen atoms in total. The molecule has 0 bridgehead atoms. The second-order valence-electron chi connectivity index (χ2n) is 5.63. The highest BCUT2D eigenvalue weighted by Gasteiger charge is 2.07. The van der Waals surface area contributed by atoms with E-state index in [0.717, 1.165) is 16.9 Å². The quantitative estimate of drug-likeness (QED) is 0.605. The van der Waals surface area contributed by atoms with Crippen LogP contribution in [0, 0.1) is 5.82 Å². The summed E-state index contributed by atoms with van der Waals surface area (Å²) >= 11 is 0. The van der Waals surface area contributed by atoms with E-state index in [9.17, 15) is 9.18 Å². The molecule has 0 saturated carbocycles. The van der Waals surface area contributed by atoms with Crippen LogP contribution in [-0.2, 0) is 0 Å². The van der Waals surface area contributed by atoms with Gasteiger partial charge in [0.05, 0.1) is 5.69 Å². The zero-order valence-electron chi connectivity index (χ0n) is 13.2. The van der Waals surface area contributed by atoms with Gasteiger partial charge in [-0.05, 0) is 48.5 Å². The molecule has 5 heteroatoms. The Kier molecular flexibility index (Phi) is 3.74. The van der Waals surface area contributed by atoms with Gasteiger partial charge in [-0.2, -0.15) is 0 Å². The Morgan fingerprint density at radius 1 is 0.960 bits per heavy atom. The standard InChI is InChI=1S/C20H14FN3O/c21-16-8-4-15(5-9-16)20(25)22-17-10-6-14(7-11-17)18-13-24-12-2-1-3-19(24)23-18/h1-13H,(H,22,25). The molecule has 2 aromatic heterocycles. The molecule has 25 heavy (non-hydrogen) atoms. The number of amides is 1. The number of rotatable bonds is 3. The lowest BCUT2D eigenvalue weighted by molar-refractivity contribution is 0.102. The fourth-order valence-electron chi connectivity index (χ4n) is 2.60. The molecule has 4 rings (SSSR count). The Morgan fingerprint density at radius 2 is 1.72 bits per heavy atom. The van der Waals surface area contributed by atoms with Gasteiger partial charge in [0.15, 0.2) is 0 Å². The third-order valence-corrected chi connectivity index (χ3v) is 3.91. The number of hydrogen-bond acceptors (Lipinski definition) is 2. The van der Waals surface area contributed by atoms with Crippen molar-refractivity contribution in [1.82, 2.24) is 9.38 Å². The maximum atomic E-state index is 12.9. The van der Waals surface area contributed by atoms with E-state index in [1.165, 1.54) is 24.3 Å². The van der Waals surface area contributed by atoms with E-state index in [1.54, 1.807) is 0 Å². The Hall–Kier alpha value is -3.47. The lowest BCUT2D eigenvalue weighted by Gasteiger charge is -2.06. The van der Waals surface area contributed by atoms with Crippen LogP contribution in [0.25, 0.3) is 16.9 Å². The summed E-state index contributed by atoms with van der Waals surface area (Å²) in [6.07, 6.45) is 3.91. The van der Waals surface area contributed by atoms with Gasteiger partial charge in [-0.15, -0.1) is 0 Å². The third kappa shape index (κ3) is 3.12. The van der Waals surface area contributed by atoms with E-state index < -0.39 is 0 Å². The average molecular weight is 331 g/mol. The molecular weight excluding hydrogens is 317 g/mol. The number of hydrogen-bond donors (Lipinski definition) is 1. The number of pyridine rings is 1. The Labute approximate surface area is 143 Å². The minimum atomic E-state index is -0.367. The summed E-state index contributed by atoms with van der Waals surface area (Å²) < 4.78 is 14.9. The van der Waals surface area contributed by atoms with E-state index in [2.05, 4.69) is 10.3 Å². The lowest BCUT2D eigenvalue weighted by Crippen LogP contribution is -2.11. The molecule has 0 spiro atoms. The molecule has 0 atom stereocenters. The van der Waals surface area contributed by atoms with Gasteiger partial charge >= 0.3 is 0 Å². The van der Waals surface area contributed by atoms with Crippen molar-refractivity contribution < 1.29 is 9.18 Å². The molecule has 0 aliphatic rings. The number of fused-ring (bicyclic) bond motifs is 1. The smallest absolute Gasteiger partial charge is 0.255 e. The highest BCUT2D eigenvalue weighted by Crippen LogP contribution is 2.21. The summed E-state index contributed by atoms with van der Waals surface area (Å²) in [5.41, 5.74) is 3.78. The Morgan fingerprint density at radius 3 is 2.44 bits per heavy atom. The molecule has 2 heterocycles. The minimum absolute atomic E-state index is 0.277. The lowest BCUT2D eigenvalue weighted by atomic mass is 10.1. The van der Waals surface area contributed by atoms with Crippen LogP contribution in [0.1, 0.15) is 10.4 Å². The number of nitrogens with one attached hydrogen (secondary N) is 1. The molecule has 0 saturated heterocycles. The molecule has 1 N–H and O–H groups in total.